The molecule has 158 valence electrons. The third-order valence-corrected chi connectivity index (χ3v) is 5.02. The lowest BCUT2D eigenvalue weighted by Crippen LogP contribution is -2.61. The van der Waals surface area contributed by atoms with Crippen LogP contribution in [-0.2, 0) is 9.47 Å². The third kappa shape index (κ3) is 3.76. The molecule has 2 fully saturated rings. The van der Waals surface area contributed by atoms with Crippen LogP contribution in [0, 0.1) is 0 Å². The van der Waals surface area contributed by atoms with Crippen molar-refractivity contribution in [1.82, 2.24) is 9.55 Å². The molecule has 3 heterocycles. The van der Waals surface area contributed by atoms with Crippen molar-refractivity contribution in [2.24, 2.45) is 5.73 Å². The second-order valence-electron chi connectivity index (χ2n) is 6.92. The number of aromatic amines is 1. The summed E-state index contributed by atoms with van der Waals surface area (Å²) >= 11 is 0. The lowest BCUT2D eigenvalue weighted by molar-refractivity contribution is -0.250. The second kappa shape index (κ2) is 7.98. The Labute approximate surface area is 157 Å². The van der Waals surface area contributed by atoms with Crippen molar-refractivity contribution in [1.29, 1.82) is 0 Å². The summed E-state index contributed by atoms with van der Waals surface area (Å²) in [5.74, 6) is 0. The zero-order valence-corrected chi connectivity index (χ0v) is 14.5. The van der Waals surface area contributed by atoms with Crippen LogP contribution in [0.1, 0.15) is 12.6 Å². The number of ether oxygens (including phenoxy) is 2. The van der Waals surface area contributed by atoms with E-state index in [9.17, 15) is 40.2 Å². The van der Waals surface area contributed by atoms with E-state index in [0.29, 0.717) is 0 Å². The number of aliphatic hydroxyl groups excluding tert-OH is 6. The van der Waals surface area contributed by atoms with E-state index in [4.69, 9.17) is 15.2 Å². The maximum atomic E-state index is 11.9. The number of H-pyrrole nitrogens is 1. The molecule has 2 saturated heterocycles. The van der Waals surface area contributed by atoms with Gasteiger partial charge in [-0.25, -0.2) is 4.79 Å². The lowest BCUT2D eigenvalue weighted by atomic mass is 9.92. The van der Waals surface area contributed by atoms with Crippen LogP contribution in [-0.4, -0.2) is 95.2 Å². The molecule has 0 radical (unpaired) electrons. The highest BCUT2D eigenvalue weighted by Crippen LogP contribution is 2.32. The molecule has 10 atom stereocenters. The summed E-state index contributed by atoms with van der Waals surface area (Å²) in [6.07, 6.45) is -12.7. The SMILES string of the molecule is NC1C(O)OC(C[C@@H](O)C2OC(n3ccc(=O)[nH]c3=O)C(O)C2O)C(O)C1O. The molecule has 13 nitrogen and oxygen atoms in total. The van der Waals surface area contributed by atoms with Gasteiger partial charge in [-0.1, -0.05) is 0 Å². The van der Waals surface area contributed by atoms with Crippen molar-refractivity contribution < 1.29 is 40.1 Å². The molecule has 2 aliphatic heterocycles. The number of nitrogens with one attached hydrogen (secondary N) is 1. The van der Waals surface area contributed by atoms with E-state index in [1.54, 1.807) is 0 Å². The molecule has 0 aliphatic carbocycles. The zero-order chi connectivity index (χ0) is 20.7. The van der Waals surface area contributed by atoms with Crippen LogP contribution in [0.2, 0.25) is 0 Å². The number of hydrogen-bond acceptors (Lipinski definition) is 11. The van der Waals surface area contributed by atoms with E-state index < -0.39 is 72.5 Å². The van der Waals surface area contributed by atoms with Gasteiger partial charge in [0.15, 0.2) is 12.5 Å². The van der Waals surface area contributed by atoms with Gasteiger partial charge >= 0.3 is 5.69 Å². The van der Waals surface area contributed by atoms with E-state index in [0.717, 1.165) is 16.8 Å². The maximum Gasteiger partial charge on any atom is 0.330 e. The second-order valence-corrected chi connectivity index (χ2v) is 6.92. The Morgan fingerprint density at radius 1 is 1.07 bits per heavy atom. The van der Waals surface area contributed by atoms with Gasteiger partial charge in [-0.3, -0.25) is 14.3 Å². The van der Waals surface area contributed by atoms with Gasteiger partial charge in [0.25, 0.3) is 5.56 Å². The van der Waals surface area contributed by atoms with Crippen molar-refractivity contribution in [2.45, 2.75) is 67.7 Å². The first kappa shape index (κ1) is 21.0. The van der Waals surface area contributed by atoms with Crippen LogP contribution in [0.4, 0.5) is 0 Å². The van der Waals surface area contributed by atoms with Gasteiger partial charge in [0, 0.05) is 18.7 Å². The summed E-state index contributed by atoms with van der Waals surface area (Å²) in [5.41, 5.74) is 3.93. The van der Waals surface area contributed by atoms with E-state index >= 15 is 0 Å². The van der Waals surface area contributed by atoms with Crippen LogP contribution < -0.4 is 17.0 Å². The summed E-state index contributed by atoms with van der Waals surface area (Å²) in [6, 6.07) is -0.221. The van der Waals surface area contributed by atoms with Gasteiger partial charge in [-0.05, 0) is 0 Å². The number of rotatable bonds is 4. The molecule has 13 heteroatoms. The Balaban J connectivity index is 1.73. The predicted molar refractivity (Wildman–Crippen MR) is 88.7 cm³/mol. The summed E-state index contributed by atoms with van der Waals surface area (Å²) < 4.78 is 11.3. The minimum Gasteiger partial charge on any atom is -0.390 e. The molecule has 0 bridgehead atoms. The first-order valence-electron chi connectivity index (χ1n) is 8.58. The van der Waals surface area contributed by atoms with E-state index in [1.165, 1.54) is 0 Å². The fourth-order valence-electron chi connectivity index (χ4n) is 3.39. The molecular weight excluding hydrogens is 382 g/mol. The number of aromatic nitrogens is 2. The Hall–Kier alpha value is -1.68. The lowest BCUT2D eigenvalue weighted by Gasteiger charge is -2.40. The summed E-state index contributed by atoms with van der Waals surface area (Å²) in [7, 11) is 0. The minimum atomic E-state index is -1.61. The Morgan fingerprint density at radius 3 is 2.39 bits per heavy atom. The summed E-state index contributed by atoms with van der Waals surface area (Å²) in [5, 5.41) is 60.3. The maximum absolute atomic E-state index is 11.9. The van der Waals surface area contributed by atoms with Crippen molar-refractivity contribution in [3.63, 3.8) is 0 Å². The van der Waals surface area contributed by atoms with E-state index in [1.807, 2.05) is 4.98 Å². The van der Waals surface area contributed by atoms with Gasteiger partial charge in [-0.15, -0.1) is 0 Å². The third-order valence-electron chi connectivity index (χ3n) is 5.02. The zero-order valence-electron chi connectivity index (χ0n) is 14.5. The van der Waals surface area contributed by atoms with Crippen LogP contribution in [0.25, 0.3) is 0 Å². The van der Waals surface area contributed by atoms with Gasteiger partial charge in [0.1, 0.15) is 30.5 Å². The smallest absolute Gasteiger partial charge is 0.330 e. The molecule has 2 aliphatic rings. The Morgan fingerprint density at radius 2 is 1.75 bits per heavy atom. The highest BCUT2D eigenvalue weighted by Gasteiger charge is 2.49. The van der Waals surface area contributed by atoms with Crippen molar-refractivity contribution >= 4 is 0 Å². The quantitative estimate of drug-likeness (QED) is 0.236. The molecule has 3 rings (SSSR count). The highest BCUT2D eigenvalue weighted by atomic mass is 16.6. The van der Waals surface area contributed by atoms with Gasteiger partial charge in [0.2, 0.25) is 0 Å². The highest BCUT2D eigenvalue weighted by molar-refractivity contribution is 4.98. The van der Waals surface area contributed by atoms with Crippen LogP contribution in [0.15, 0.2) is 21.9 Å². The normalized spacial score (nSPS) is 42.5. The van der Waals surface area contributed by atoms with Gasteiger partial charge < -0.3 is 45.8 Å². The first-order valence-corrected chi connectivity index (χ1v) is 8.58. The predicted octanol–water partition coefficient (Wildman–Crippen LogP) is -5.33. The minimum absolute atomic E-state index is 0.385. The molecule has 0 saturated carbocycles. The fourth-order valence-corrected chi connectivity index (χ4v) is 3.39. The molecule has 0 aromatic carbocycles. The summed E-state index contributed by atoms with van der Waals surface area (Å²) in [6.45, 7) is 0. The number of aliphatic hydroxyl groups is 6. The molecular formula is C15H23N3O10. The van der Waals surface area contributed by atoms with E-state index in [2.05, 4.69) is 0 Å². The van der Waals surface area contributed by atoms with Gasteiger partial charge in [0.05, 0.1) is 18.2 Å². The number of nitrogens with zero attached hydrogens (tertiary/aromatic N) is 1. The number of nitrogens with two attached hydrogens (primary N) is 1. The van der Waals surface area contributed by atoms with Crippen molar-refractivity contribution in [3.05, 3.63) is 33.1 Å². The molecule has 9 N–H and O–H groups in total. The molecule has 0 amide bonds. The molecule has 28 heavy (non-hydrogen) atoms. The fraction of sp³-hybridized carbons (Fsp3) is 0.733. The van der Waals surface area contributed by atoms with Crippen LogP contribution >= 0.6 is 0 Å². The number of hydrogen-bond donors (Lipinski definition) is 8. The molecule has 1 aromatic rings. The monoisotopic (exact) mass is 405 g/mol. The Kier molecular flexibility index (Phi) is 6.00. The van der Waals surface area contributed by atoms with Gasteiger partial charge in [-0.2, -0.15) is 0 Å². The summed E-state index contributed by atoms with van der Waals surface area (Å²) in [4.78, 5) is 25.0. The first-order chi connectivity index (χ1) is 13.1. The topological polar surface area (TPSA) is 221 Å². The van der Waals surface area contributed by atoms with Crippen molar-refractivity contribution in [2.75, 3.05) is 0 Å². The van der Waals surface area contributed by atoms with Crippen molar-refractivity contribution in [3.8, 4) is 0 Å². The molecule has 9 unspecified atom stereocenters. The van der Waals surface area contributed by atoms with Crippen LogP contribution in [0.3, 0.4) is 0 Å². The molecule has 0 spiro atoms. The Bertz CT molecular complexity index is 799. The average molecular weight is 405 g/mol. The molecule has 1 aromatic heterocycles. The largest absolute Gasteiger partial charge is 0.390 e. The standard InChI is InChI=1S/C15H23N3O10/c16-7-9(22)8(21)5(27-14(7)25)3-4(19)12-10(23)11(24)13(28-12)18-2-1-6(20)17-15(18)26/h1-2,4-5,7-14,19,21-25H,3,16H2,(H,17,20,26)/t4-,5?,7?,8?,9?,10?,11?,12?,13?,14?/m1/s1. The van der Waals surface area contributed by atoms with E-state index in [-0.39, 0.29) is 6.42 Å². The van der Waals surface area contributed by atoms with Crippen LogP contribution in [0.5, 0.6) is 0 Å². The average Bonchev–Trinajstić information content (AvgIpc) is 2.93.